The number of nitroso groups, excluding NO2 is 1. The zero-order valence-electron chi connectivity index (χ0n) is 15.8. The monoisotopic (exact) mass is 417 g/mol. The predicted octanol–water partition coefficient (Wildman–Crippen LogP) is 3.10. The van der Waals surface area contributed by atoms with Gasteiger partial charge in [0.25, 0.3) is 0 Å². The number of benzene rings is 2. The van der Waals surface area contributed by atoms with Gasteiger partial charge in [0, 0.05) is 5.02 Å². The van der Waals surface area contributed by atoms with E-state index in [0.29, 0.717) is 22.9 Å². The second kappa shape index (κ2) is 8.50. The first-order chi connectivity index (χ1) is 14.0. The van der Waals surface area contributed by atoms with Gasteiger partial charge in [0.15, 0.2) is 0 Å². The summed E-state index contributed by atoms with van der Waals surface area (Å²) in [5.74, 6) is 0.705. The van der Waals surface area contributed by atoms with Crippen LogP contribution >= 0.6 is 11.6 Å². The standard InChI is InChI=1S/C22H24ClNO5/c23-17-8-7-15(22-21(27)20(26)19(25)18(29-22)11-24-28)10-16(17)9-12-1-3-13(4-2-12)14-5-6-14/h1-4,7-8,10,14,18-22,25-27H,5-6,9,11H2/t18-,19-,20+,21-,22+/m1/s1. The van der Waals surface area contributed by atoms with E-state index in [1.807, 2.05) is 6.07 Å². The minimum absolute atomic E-state index is 0.310. The summed E-state index contributed by atoms with van der Waals surface area (Å²) in [6.07, 6.45) is -2.88. The predicted molar refractivity (Wildman–Crippen MR) is 109 cm³/mol. The van der Waals surface area contributed by atoms with E-state index >= 15 is 0 Å². The fourth-order valence-electron chi connectivity index (χ4n) is 3.90. The van der Waals surface area contributed by atoms with Gasteiger partial charge in [-0.05, 0) is 53.5 Å². The number of aliphatic hydroxyl groups excluding tert-OH is 3. The molecule has 7 heteroatoms. The number of ether oxygens (including phenoxy) is 1. The highest BCUT2D eigenvalue weighted by Gasteiger charge is 2.44. The minimum Gasteiger partial charge on any atom is -0.388 e. The third kappa shape index (κ3) is 4.37. The van der Waals surface area contributed by atoms with Crippen molar-refractivity contribution < 1.29 is 20.1 Å². The molecular formula is C22H24ClNO5. The number of halogens is 1. The Morgan fingerprint density at radius 2 is 1.66 bits per heavy atom. The zero-order valence-corrected chi connectivity index (χ0v) is 16.6. The first-order valence-electron chi connectivity index (χ1n) is 9.84. The Hall–Kier alpha value is -1.83. The fraction of sp³-hybridized carbons (Fsp3) is 0.455. The maximum Gasteiger partial charge on any atom is 0.113 e. The zero-order chi connectivity index (χ0) is 20.5. The first kappa shape index (κ1) is 20.4. The van der Waals surface area contributed by atoms with Gasteiger partial charge in [0.1, 0.15) is 37.1 Å². The Kier molecular flexibility index (Phi) is 5.99. The normalized spacial score (nSPS) is 29.6. The lowest BCUT2D eigenvalue weighted by atomic mass is 9.90. The van der Waals surface area contributed by atoms with Gasteiger partial charge in [-0.1, -0.05) is 53.2 Å². The molecule has 0 unspecified atom stereocenters. The molecule has 2 aromatic rings. The third-order valence-electron chi connectivity index (χ3n) is 5.79. The first-order valence-corrected chi connectivity index (χ1v) is 10.2. The highest BCUT2D eigenvalue weighted by molar-refractivity contribution is 6.31. The largest absolute Gasteiger partial charge is 0.388 e. The van der Waals surface area contributed by atoms with E-state index in [0.717, 1.165) is 11.1 Å². The molecule has 6 nitrogen and oxygen atoms in total. The average molecular weight is 418 g/mol. The van der Waals surface area contributed by atoms with Crippen LogP contribution in [0.1, 0.15) is 47.1 Å². The third-order valence-corrected chi connectivity index (χ3v) is 6.16. The van der Waals surface area contributed by atoms with Crippen molar-refractivity contribution >= 4 is 11.6 Å². The molecule has 1 aliphatic heterocycles. The molecule has 0 bridgehead atoms. The van der Waals surface area contributed by atoms with Crippen molar-refractivity contribution in [1.29, 1.82) is 0 Å². The van der Waals surface area contributed by atoms with Gasteiger partial charge in [-0.2, -0.15) is 4.91 Å². The number of rotatable bonds is 6. The highest BCUT2D eigenvalue weighted by Crippen LogP contribution is 2.40. The summed E-state index contributed by atoms with van der Waals surface area (Å²) in [5, 5.41) is 33.9. The molecule has 3 N–H and O–H groups in total. The summed E-state index contributed by atoms with van der Waals surface area (Å²) in [6.45, 7) is -0.310. The van der Waals surface area contributed by atoms with E-state index in [1.165, 1.54) is 18.4 Å². The van der Waals surface area contributed by atoms with Gasteiger partial charge in [0.05, 0.1) is 0 Å². The smallest absolute Gasteiger partial charge is 0.113 e. The Morgan fingerprint density at radius 1 is 0.966 bits per heavy atom. The maximum atomic E-state index is 10.6. The molecule has 154 valence electrons. The molecule has 0 aromatic heterocycles. The van der Waals surface area contributed by atoms with E-state index in [4.69, 9.17) is 16.3 Å². The lowest BCUT2D eigenvalue weighted by Gasteiger charge is -2.40. The van der Waals surface area contributed by atoms with Crippen LogP contribution in [0.2, 0.25) is 5.02 Å². The average Bonchev–Trinajstić information content (AvgIpc) is 3.56. The number of aliphatic hydroxyl groups is 3. The van der Waals surface area contributed by atoms with Crippen molar-refractivity contribution in [2.24, 2.45) is 5.18 Å². The molecule has 1 saturated heterocycles. The SMILES string of the molecule is O=NC[C@H]1O[C@@H](c2ccc(Cl)c(Cc3ccc(C4CC4)cc3)c2)[C@H](O)[C@@H](O)[C@@H]1O. The molecule has 4 rings (SSSR count). The second-order valence-corrected chi connectivity index (χ2v) is 8.33. The molecule has 2 fully saturated rings. The lowest BCUT2D eigenvalue weighted by molar-refractivity contribution is -0.221. The fourth-order valence-corrected chi connectivity index (χ4v) is 4.09. The topological polar surface area (TPSA) is 99.4 Å². The molecule has 2 aliphatic rings. The molecule has 29 heavy (non-hydrogen) atoms. The number of hydrogen-bond donors (Lipinski definition) is 3. The molecular weight excluding hydrogens is 394 g/mol. The Labute approximate surface area is 174 Å². The molecule has 0 amide bonds. The van der Waals surface area contributed by atoms with Gasteiger partial charge in [-0.25, -0.2) is 0 Å². The van der Waals surface area contributed by atoms with Gasteiger partial charge in [0.2, 0.25) is 0 Å². The van der Waals surface area contributed by atoms with E-state index in [2.05, 4.69) is 29.4 Å². The van der Waals surface area contributed by atoms with Gasteiger partial charge >= 0.3 is 0 Å². The number of hydrogen-bond acceptors (Lipinski definition) is 6. The number of nitrogens with zero attached hydrogens (tertiary/aromatic N) is 1. The minimum atomic E-state index is -1.44. The van der Waals surface area contributed by atoms with Crippen LogP contribution in [0.5, 0.6) is 0 Å². The molecule has 1 saturated carbocycles. The van der Waals surface area contributed by atoms with Crippen LogP contribution in [0.4, 0.5) is 0 Å². The van der Waals surface area contributed by atoms with Crippen molar-refractivity contribution in [2.75, 3.05) is 6.54 Å². The molecule has 1 heterocycles. The van der Waals surface area contributed by atoms with Crippen LogP contribution in [0.15, 0.2) is 47.6 Å². The van der Waals surface area contributed by atoms with Gasteiger partial charge in [-0.3, -0.25) is 0 Å². The quantitative estimate of drug-likeness (QED) is 0.627. The van der Waals surface area contributed by atoms with Crippen LogP contribution in [0.25, 0.3) is 0 Å². The second-order valence-electron chi connectivity index (χ2n) is 7.92. The van der Waals surface area contributed by atoms with Crippen molar-refractivity contribution in [3.05, 3.63) is 74.6 Å². The molecule has 1 aliphatic carbocycles. The van der Waals surface area contributed by atoms with Gasteiger partial charge in [-0.15, -0.1) is 0 Å². The van der Waals surface area contributed by atoms with E-state index in [1.54, 1.807) is 12.1 Å². The van der Waals surface area contributed by atoms with Crippen molar-refractivity contribution in [2.45, 2.75) is 55.7 Å². The Morgan fingerprint density at radius 3 is 2.31 bits per heavy atom. The van der Waals surface area contributed by atoms with Crippen LogP contribution in [-0.2, 0) is 11.2 Å². The summed E-state index contributed by atoms with van der Waals surface area (Å²) in [5.41, 5.74) is 3.98. The van der Waals surface area contributed by atoms with Crippen molar-refractivity contribution in [3.63, 3.8) is 0 Å². The molecule has 0 radical (unpaired) electrons. The summed E-state index contributed by atoms with van der Waals surface area (Å²) in [4.78, 5) is 10.6. The molecule has 5 atom stereocenters. The Balaban J connectivity index is 1.56. The van der Waals surface area contributed by atoms with E-state index in [9.17, 15) is 20.2 Å². The van der Waals surface area contributed by atoms with Crippen LogP contribution in [-0.4, -0.2) is 46.3 Å². The summed E-state index contributed by atoms with van der Waals surface area (Å²) >= 11 is 6.39. The van der Waals surface area contributed by atoms with Crippen LogP contribution in [0.3, 0.4) is 0 Å². The lowest BCUT2D eigenvalue weighted by Crippen LogP contribution is -2.55. The van der Waals surface area contributed by atoms with Crippen molar-refractivity contribution in [1.82, 2.24) is 0 Å². The van der Waals surface area contributed by atoms with Crippen LogP contribution < -0.4 is 0 Å². The summed E-state index contributed by atoms with van der Waals surface area (Å²) in [6, 6.07) is 13.8. The Bertz CT molecular complexity index is 870. The van der Waals surface area contributed by atoms with Crippen LogP contribution in [0, 0.1) is 4.91 Å². The molecule has 2 aromatic carbocycles. The van der Waals surface area contributed by atoms with E-state index < -0.39 is 30.5 Å². The maximum absolute atomic E-state index is 10.6. The molecule has 0 spiro atoms. The van der Waals surface area contributed by atoms with Crippen molar-refractivity contribution in [3.8, 4) is 0 Å². The van der Waals surface area contributed by atoms with Gasteiger partial charge < -0.3 is 20.1 Å². The highest BCUT2D eigenvalue weighted by atomic mass is 35.5. The summed E-state index contributed by atoms with van der Waals surface area (Å²) in [7, 11) is 0. The van der Waals surface area contributed by atoms with E-state index in [-0.39, 0.29) is 6.54 Å². The summed E-state index contributed by atoms with van der Waals surface area (Å²) < 4.78 is 5.71.